The number of rotatable bonds is 4. The lowest BCUT2D eigenvalue weighted by atomic mass is 10.1. The number of hydrogen-bond donors (Lipinski definition) is 1. The molecule has 0 aliphatic heterocycles. The van der Waals surface area contributed by atoms with E-state index in [1.807, 2.05) is 52.1 Å². The third kappa shape index (κ3) is 2.77. The van der Waals surface area contributed by atoms with Crippen molar-refractivity contribution < 1.29 is 4.79 Å². The number of amides is 1. The van der Waals surface area contributed by atoms with Crippen LogP contribution in [0.1, 0.15) is 35.1 Å². The maximum Gasteiger partial charge on any atom is 0.262 e. The third-order valence-corrected chi connectivity index (χ3v) is 3.64. The number of carbonyl (C=O) groups is 1. The Morgan fingerprint density at radius 2 is 2.00 bits per heavy atom. The monoisotopic (exact) mass is 286 g/mol. The van der Waals surface area contributed by atoms with Crippen LogP contribution in [0, 0.1) is 13.8 Å². The molecule has 1 heterocycles. The Morgan fingerprint density at radius 1 is 1.33 bits per heavy atom. The molecule has 1 aromatic heterocycles. The fourth-order valence-electron chi connectivity index (χ4n) is 2.51. The van der Waals surface area contributed by atoms with Gasteiger partial charge in [0.2, 0.25) is 0 Å². The van der Waals surface area contributed by atoms with Crippen molar-refractivity contribution in [2.24, 2.45) is 7.05 Å². The van der Waals surface area contributed by atoms with Crippen LogP contribution in [-0.4, -0.2) is 22.2 Å². The summed E-state index contributed by atoms with van der Waals surface area (Å²) in [6.45, 7) is 6.44. The first-order valence-corrected chi connectivity index (χ1v) is 7.14. The number of nitrogens with two attached hydrogens (primary N) is 1. The van der Waals surface area contributed by atoms with E-state index in [4.69, 9.17) is 5.73 Å². The van der Waals surface area contributed by atoms with Crippen LogP contribution in [0.2, 0.25) is 0 Å². The van der Waals surface area contributed by atoms with Crippen LogP contribution >= 0.6 is 0 Å². The van der Waals surface area contributed by atoms with Gasteiger partial charge in [-0.15, -0.1) is 0 Å². The fourth-order valence-corrected chi connectivity index (χ4v) is 2.51. The molecule has 2 N–H and O–H groups in total. The molecular formula is C16H22N4O. The van der Waals surface area contributed by atoms with Gasteiger partial charge in [0.25, 0.3) is 5.91 Å². The summed E-state index contributed by atoms with van der Waals surface area (Å²) < 4.78 is 1.74. The Labute approximate surface area is 125 Å². The van der Waals surface area contributed by atoms with Crippen molar-refractivity contribution in [2.75, 3.05) is 17.2 Å². The summed E-state index contributed by atoms with van der Waals surface area (Å²) in [5, 5.41) is 4.33. The molecule has 0 radical (unpaired) electrons. The van der Waals surface area contributed by atoms with Gasteiger partial charge < -0.3 is 10.6 Å². The first-order valence-electron chi connectivity index (χ1n) is 7.14. The topological polar surface area (TPSA) is 64.2 Å². The van der Waals surface area contributed by atoms with E-state index in [0.29, 0.717) is 17.8 Å². The van der Waals surface area contributed by atoms with Gasteiger partial charge in [-0.05, 0) is 32.4 Å². The standard InChI is InChI=1S/C16H22N4O/c1-5-10-20(14-9-7-6-8-13(14)17)16(21)15-11(2)18-19(4)12(15)3/h6-9H,5,10,17H2,1-4H3. The normalized spacial score (nSPS) is 10.7. The maximum atomic E-state index is 13.0. The molecule has 0 spiro atoms. The first kappa shape index (κ1) is 15.1. The van der Waals surface area contributed by atoms with E-state index in [2.05, 4.69) is 5.10 Å². The number of nitrogen functional groups attached to an aromatic ring is 1. The zero-order chi connectivity index (χ0) is 15.6. The van der Waals surface area contributed by atoms with Gasteiger partial charge in [-0.1, -0.05) is 19.1 Å². The average Bonchev–Trinajstić information content (AvgIpc) is 2.70. The molecule has 0 atom stereocenters. The van der Waals surface area contributed by atoms with E-state index in [-0.39, 0.29) is 5.91 Å². The molecule has 2 rings (SSSR count). The molecule has 1 aromatic carbocycles. The van der Waals surface area contributed by atoms with E-state index in [9.17, 15) is 4.79 Å². The number of aryl methyl sites for hydroxylation is 2. The zero-order valence-electron chi connectivity index (χ0n) is 13.1. The highest BCUT2D eigenvalue weighted by Gasteiger charge is 2.24. The van der Waals surface area contributed by atoms with Crippen molar-refractivity contribution in [3.05, 3.63) is 41.2 Å². The quantitative estimate of drug-likeness (QED) is 0.879. The number of benzene rings is 1. The van der Waals surface area contributed by atoms with E-state index in [0.717, 1.165) is 23.5 Å². The second-order valence-corrected chi connectivity index (χ2v) is 5.19. The van der Waals surface area contributed by atoms with Crippen molar-refractivity contribution in [1.29, 1.82) is 0 Å². The van der Waals surface area contributed by atoms with Crippen LogP contribution in [0.25, 0.3) is 0 Å². The molecule has 5 heteroatoms. The van der Waals surface area contributed by atoms with Gasteiger partial charge >= 0.3 is 0 Å². The van der Waals surface area contributed by atoms with Crippen LogP contribution in [-0.2, 0) is 7.05 Å². The summed E-state index contributed by atoms with van der Waals surface area (Å²) in [5.74, 6) is -0.0437. The van der Waals surface area contributed by atoms with Crippen molar-refractivity contribution in [1.82, 2.24) is 9.78 Å². The average molecular weight is 286 g/mol. The summed E-state index contributed by atoms with van der Waals surface area (Å²) in [5.41, 5.74) is 9.68. The van der Waals surface area contributed by atoms with Gasteiger partial charge in [0.05, 0.1) is 22.6 Å². The summed E-state index contributed by atoms with van der Waals surface area (Å²) >= 11 is 0. The van der Waals surface area contributed by atoms with Crippen LogP contribution < -0.4 is 10.6 Å². The number of aromatic nitrogens is 2. The molecule has 112 valence electrons. The van der Waals surface area contributed by atoms with Gasteiger partial charge in [0.15, 0.2) is 0 Å². The van der Waals surface area contributed by atoms with Crippen LogP contribution in [0.3, 0.4) is 0 Å². The van der Waals surface area contributed by atoms with Crippen LogP contribution in [0.4, 0.5) is 11.4 Å². The minimum absolute atomic E-state index is 0.0437. The van der Waals surface area contributed by atoms with E-state index >= 15 is 0 Å². The van der Waals surface area contributed by atoms with Crippen molar-refractivity contribution >= 4 is 17.3 Å². The Morgan fingerprint density at radius 3 is 2.52 bits per heavy atom. The highest BCUT2D eigenvalue weighted by atomic mass is 16.2. The molecule has 0 aliphatic rings. The molecule has 0 aliphatic carbocycles. The lowest BCUT2D eigenvalue weighted by Crippen LogP contribution is -2.33. The summed E-state index contributed by atoms with van der Waals surface area (Å²) in [6, 6.07) is 7.46. The lowest BCUT2D eigenvalue weighted by Gasteiger charge is -2.24. The van der Waals surface area contributed by atoms with Crippen molar-refractivity contribution in [3.8, 4) is 0 Å². The molecule has 2 aromatic rings. The molecule has 21 heavy (non-hydrogen) atoms. The number of hydrogen-bond acceptors (Lipinski definition) is 3. The minimum atomic E-state index is -0.0437. The largest absolute Gasteiger partial charge is 0.397 e. The molecule has 0 unspecified atom stereocenters. The summed E-state index contributed by atoms with van der Waals surface area (Å²) in [7, 11) is 1.85. The van der Waals surface area contributed by atoms with E-state index < -0.39 is 0 Å². The van der Waals surface area contributed by atoms with E-state index in [1.165, 1.54) is 0 Å². The maximum absolute atomic E-state index is 13.0. The molecular weight excluding hydrogens is 264 g/mol. The number of para-hydroxylation sites is 2. The van der Waals surface area contributed by atoms with Gasteiger partial charge in [0, 0.05) is 19.3 Å². The van der Waals surface area contributed by atoms with Gasteiger partial charge in [-0.2, -0.15) is 5.10 Å². The number of anilines is 2. The Hall–Kier alpha value is -2.30. The smallest absolute Gasteiger partial charge is 0.262 e. The molecule has 0 bridgehead atoms. The second-order valence-electron chi connectivity index (χ2n) is 5.19. The Balaban J connectivity index is 2.48. The molecule has 0 saturated carbocycles. The van der Waals surface area contributed by atoms with Crippen LogP contribution in [0.5, 0.6) is 0 Å². The van der Waals surface area contributed by atoms with Crippen LogP contribution in [0.15, 0.2) is 24.3 Å². The Kier molecular flexibility index (Phi) is 4.31. The fraction of sp³-hybridized carbons (Fsp3) is 0.375. The minimum Gasteiger partial charge on any atom is -0.397 e. The number of nitrogens with zero attached hydrogens (tertiary/aromatic N) is 3. The third-order valence-electron chi connectivity index (χ3n) is 3.64. The summed E-state index contributed by atoms with van der Waals surface area (Å²) in [6.07, 6.45) is 0.860. The van der Waals surface area contributed by atoms with Crippen molar-refractivity contribution in [2.45, 2.75) is 27.2 Å². The van der Waals surface area contributed by atoms with Crippen molar-refractivity contribution in [3.63, 3.8) is 0 Å². The predicted molar refractivity (Wildman–Crippen MR) is 85.5 cm³/mol. The molecule has 0 fully saturated rings. The second kappa shape index (κ2) is 5.99. The first-order chi connectivity index (χ1) is 9.97. The SMILES string of the molecule is CCCN(C(=O)c1c(C)nn(C)c1C)c1ccccc1N. The zero-order valence-corrected chi connectivity index (χ0v) is 13.1. The highest BCUT2D eigenvalue weighted by molar-refractivity contribution is 6.08. The summed E-state index contributed by atoms with van der Waals surface area (Å²) in [4.78, 5) is 14.7. The molecule has 0 saturated heterocycles. The number of carbonyl (C=O) groups excluding carboxylic acids is 1. The van der Waals surface area contributed by atoms with Gasteiger partial charge in [-0.25, -0.2) is 0 Å². The molecule has 5 nitrogen and oxygen atoms in total. The van der Waals surface area contributed by atoms with Gasteiger partial charge in [-0.3, -0.25) is 9.48 Å². The predicted octanol–water partition coefficient (Wildman–Crippen LogP) is 2.68. The molecule has 1 amide bonds. The van der Waals surface area contributed by atoms with E-state index in [1.54, 1.807) is 9.58 Å². The van der Waals surface area contributed by atoms with Gasteiger partial charge in [0.1, 0.15) is 0 Å². The lowest BCUT2D eigenvalue weighted by molar-refractivity contribution is 0.0985. The Bertz CT molecular complexity index is 660. The highest BCUT2D eigenvalue weighted by Crippen LogP contribution is 2.26.